The highest BCUT2D eigenvalue weighted by molar-refractivity contribution is 6.77. The molecule has 0 aromatic heterocycles. The Kier molecular flexibility index (Phi) is 4.40. The van der Waals surface area contributed by atoms with E-state index in [4.69, 9.17) is 0 Å². The summed E-state index contributed by atoms with van der Waals surface area (Å²) in [5, 5.41) is 0. The molecule has 1 nitrogen and oxygen atoms in total. The first-order valence-electron chi connectivity index (χ1n) is 10.2. The van der Waals surface area contributed by atoms with Crippen molar-refractivity contribution in [1.29, 1.82) is 0 Å². The van der Waals surface area contributed by atoms with E-state index in [2.05, 4.69) is 109 Å². The van der Waals surface area contributed by atoms with Crippen LogP contribution in [0.4, 0.5) is 0 Å². The van der Waals surface area contributed by atoms with Crippen LogP contribution in [-0.4, -0.2) is 17.7 Å². The first kappa shape index (κ1) is 17.1. The Bertz CT molecular complexity index is 1030. The molecule has 1 aliphatic carbocycles. The van der Waals surface area contributed by atoms with Gasteiger partial charge in [-0.05, 0) is 48.0 Å². The molecule has 0 atom stereocenters. The molecule has 0 unspecified atom stereocenters. The van der Waals surface area contributed by atoms with Crippen molar-refractivity contribution >= 4 is 18.0 Å². The molecule has 3 aromatic rings. The Morgan fingerprint density at radius 3 is 2.14 bits per heavy atom. The zero-order valence-electron chi connectivity index (χ0n) is 16.3. The van der Waals surface area contributed by atoms with E-state index in [1.165, 1.54) is 33.4 Å². The first-order valence-corrected chi connectivity index (χ1v) is 10.2. The van der Waals surface area contributed by atoms with Crippen LogP contribution >= 0.6 is 0 Å². The highest BCUT2D eigenvalue weighted by atomic mass is 15.1. The number of allylic oxidation sites excluding steroid dienone is 2. The molecule has 1 heterocycles. The minimum atomic E-state index is 0.265. The summed E-state index contributed by atoms with van der Waals surface area (Å²) in [5.74, 6) is 2.36. The largest absolute Gasteiger partial charge is 0.403 e. The number of fused-ring (bicyclic) bond motifs is 1. The average molecular weight is 361 g/mol. The molecular formula is C26H24BN. The number of hydrogen-bond donors (Lipinski definition) is 0. The Morgan fingerprint density at radius 2 is 1.43 bits per heavy atom. The van der Waals surface area contributed by atoms with Gasteiger partial charge in [0, 0.05) is 11.7 Å². The summed E-state index contributed by atoms with van der Waals surface area (Å²) in [6.07, 6.45) is 6.73. The molecule has 0 saturated carbocycles. The zero-order valence-corrected chi connectivity index (χ0v) is 16.3. The van der Waals surface area contributed by atoms with E-state index >= 15 is 0 Å². The van der Waals surface area contributed by atoms with Gasteiger partial charge in [0.2, 0.25) is 0 Å². The number of benzene rings is 3. The van der Waals surface area contributed by atoms with E-state index in [0.29, 0.717) is 6.04 Å². The number of rotatable bonds is 3. The van der Waals surface area contributed by atoms with E-state index < -0.39 is 0 Å². The van der Waals surface area contributed by atoms with Crippen LogP contribution in [0.2, 0.25) is 0 Å². The molecule has 0 radical (unpaired) electrons. The smallest absolute Gasteiger partial charge is 0.316 e. The van der Waals surface area contributed by atoms with Crippen molar-refractivity contribution in [3.05, 3.63) is 119 Å². The maximum Gasteiger partial charge on any atom is 0.316 e. The SMILES string of the molecule is Cc1ccccc1B1C=CC=C(c2ccccc2)N1C1Cc2ccccc2C1. The standard InChI is InChI=1S/C26H24BN/c1-20-10-5-8-15-25(20)27-17-9-16-26(21-11-3-2-4-12-21)28(27)24-18-22-13-6-7-14-23(22)19-24/h2-17,24H,18-19H2,1H3. The van der Waals surface area contributed by atoms with Crippen molar-refractivity contribution < 1.29 is 0 Å². The third-order valence-corrected chi connectivity index (χ3v) is 6.12. The van der Waals surface area contributed by atoms with Gasteiger partial charge in [-0.25, -0.2) is 0 Å². The number of nitrogens with zero attached hydrogens (tertiary/aromatic N) is 1. The lowest BCUT2D eigenvalue weighted by atomic mass is 9.51. The summed E-state index contributed by atoms with van der Waals surface area (Å²) in [6, 6.07) is 29.0. The highest BCUT2D eigenvalue weighted by Gasteiger charge is 2.36. The van der Waals surface area contributed by atoms with Crippen LogP contribution in [0.3, 0.4) is 0 Å². The maximum absolute atomic E-state index is 2.66. The second-order valence-electron chi connectivity index (χ2n) is 7.84. The van der Waals surface area contributed by atoms with E-state index in [9.17, 15) is 0 Å². The van der Waals surface area contributed by atoms with Gasteiger partial charge in [0.05, 0.1) is 0 Å². The second-order valence-corrected chi connectivity index (χ2v) is 7.84. The average Bonchev–Trinajstić information content (AvgIpc) is 3.18. The molecule has 0 bridgehead atoms. The quantitative estimate of drug-likeness (QED) is 0.605. The fourth-order valence-electron chi connectivity index (χ4n) is 4.76. The normalized spacial score (nSPS) is 16.2. The van der Waals surface area contributed by atoms with Crippen LogP contribution < -0.4 is 5.46 Å². The van der Waals surface area contributed by atoms with Crippen LogP contribution in [0.5, 0.6) is 0 Å². The molecule has 0 N–H and O–H groups in total. The van der Waals surface area contributed by atoms with Gasteiger partial charge < -0.3 is 4.81 Å². The minimum Gasteiger partial charge on any atom is -0.403 e. The lowest BCUT2D eigenvalue weighted by Crippen LogP contribution is -2.53. The molecule has 3 aromatic carbocycles. The molecule has 0 amide bonds. The van der Waals surface area contributed by atoms with Gasteiger partial charge >= 0.3 is 6.85 Å². The Balaban J connectivity index is 1.59. The van der Waals surface area contributed by atoms with Crippen molar-refractivity contribution in [2.45, 2.75) is 25.8 Å². The number of hydrogen-bond acceptors (Lipinski definition) is 1. The molecule has 2 heteroatoms. The lowest BCUT2D eigenvalue weighted by molar-refractivity contribution is 0.448. The van der Waals surface area contributed by atoms with Crippen LogP contribution in [0, 0.1) is 6.92 Å². The summed E-state index contributed by atoms with van der Waals surface area (Å²) in [4.78, 5) is 2.66. The maximum atomic E-state index is 2.66. The van der Waals surface area contributed by atoms with Crippen LogP contribution in [-0.2, 0) is 12.8 Å². The van der Waals surface area contributed by atoms with Crippen molar-refractivity contribution in [1.82, 2.24) is 4.81 Å². The van der Waals surface area contributed by atoms with Crippen LogP contribution in [0.15, 0.2) is 97.0 Å². The highest BCUT2D eigenvalue weighted by Crippen LogP contribution is 2.33. The summed E-state index contributed by atoms with van der Waals surface area (Å²) in [7, 11) is 0. The van der Waals surface area contributed by atoms with Crippen molar-refractivity contribution in [2.24, 2.45) is 0 Å². The molecule has 0 fully saturated rings. The Morgan fingerprint density at radius 1 is 0.786 bits per heavy atom. The second kappa shape index (κ2) is 7.20. The van der Waals surface area contributed by atoms with Crippen LogP contribution in [0.1, 0.15) is 22.3 Å². The van der Waals surface area contributed by atoms with Crippen LogP contribution in [0.25, 0.3) is 5.70 Å². The molecule has 5 rings (SSSR count). The summed E-state index contributed by atoms with van der Waals surface area (Å²) in [5.41, 5.74) is 8.37. The molecule has 28 heavy (non-hydrogen) atoms. The van der Waals surface area contributed by atoms with E-state index in [0.717, 1.165) is 12.8 Å². The van der Waals surface area contributed by atoms with Gasteiger partial charge in [-0.3, -0.25) is 0 Å². The first-order chi connectivity index (χ1) is 13.8. The summed E-state index contributed by atoms with van der Waals surface area (Å²) < 4.78 is 0. The topological polar surface area (TPSA) is 3.24 Å². The van der Waals surface area contributed by atoms with Gasteiger partial charge in [-0.15, -0.1) is 0 Å². The molecule has 0 spiro atoms. The lowest BCUT2D eigenvalue weighted by Gasteiger charge is -2.40. The van der Waals surface area contributed by atoms with Crippen molar-refractivity contribution in [3.8, 4) is 0 Å². The van der Waals surface area contributed by atoms with Gasteiger partial charge in [-0.2, -0.15) is 0 Å². The predicted molar refractivity (Wildman–Crippen MR) is 120 cm³/mol. The monoisotopic (exact) mass is 361 g/mol. The van der Waals surface area contributed by atoms with Crippen molar-refractivity contribution in [2.75, 3.05) is 0 Å². The molecule has 2 aliphatic rings. The fourth-order valence-corrected chi connectivity index (χ4v) is 4.76. The zero-order chi connectivity index (χ0) is 18.9. The van der Waals surface area contributed by atoms with E-state index in [1.54, 1.807) is 0 Å². The van der Waals surface area contributed by atoms with Gasteiger partial charge in [0.1, 0.15) is 0 Å². The Hall–Kier alpha value is -3.00. The minimum absolute atomic E-state index is 0.265. The van der Waals surface area contributed by atoms with E-state index in [-0.39, 0.29) is 6.85 Å². The summed E-state index contributed by atoms with van der Waals surface area (Å²) >= 11 is 0. The molecule has 0 saturated heterocycles. The van der Waals surface area contributed by atoms with Crippen molar-refractivity contribution in [3.63, 3.8) is 0 Å². The summed E-state index contributed by atoms with van der Waals surface area (Å²) in [6.45, 7) is 2.49. The van der Waals surface area contributed by atoms with Gasteiger partial charge in [0.25, 0.3) is 0 Å². The third-order valence-electron chi connectivity index (χ3n) is 6.12. The molecular weight excluding hydrogens is 337 g/mol. The molecule has 1 aliphatic heterocycles. The fraction of sp³-hybridized carbons (Fsp3) is 0.154. The van der Waals surface area contributed by atoms with Gasteiger partial charge in [-0.1, -0.05) is 96.5 Å². The predicted octanol–water partition coefficient (Wildman–Crippen LogP) is 4.81. The number of aryl methyl sites for hydroxylation is 1. The molecule has 136 valence electrons. The Labute approximate surface area is 168 Å². The van der Waals surface area contributed by atoms with Gasteiger partial charge in [0.15, 0.2) is 0 Å². The van der Waals surface area contributed by atoms with E-state index in [1.807, 2.05) is 0 Å². The third kappa shape index (κ3) is 2.99.